The average Bonchev–Trinajstić information content (AvgIpc) is 2.60. The van der Waals surface area contributed by atoms with Crippen LogP contribution in [-0.4, -0.2) is 36.5 Å². The topological polar surface area (TPSA) is 102 Å². The number of Topliss-reactive ketones (excluding diaryl/α,β-unsaturated/α-hetero) is 1. The Bertz CT molecular complexity index is 815. The zero-order chi connectivity index (χ0) is 18.4. The average molecular weight is 343 g/mol. The molecule has 2 rings (SSSR count). The number of phenolic OH excluding ortho intramolecular Hbond substituents is 1. The van der Waals surface area contributed by atoms with Crippen LogP contribution in [0.15, 0.2) is 42.5 Å². The number of esters is 1. The second-order valence-corrected chi connectivity index (χ2v) is 5.14. The van der Waals surface area contributed by atoms with Gasteiger partial charge in [0.25, 0.3) is 5.91 Å². The van der Waals surface area contributed by atoms with E-state index >= 15 is 0 Å². The molecule has 0 aromatic heterocycles. The Hall–Kier alpha value is -3.35. The van der Waals surface area contributed by atoms with Crippen LogP contribution in [0.25, 0.3) is 0 Å². The highest BCUT2D eigenvalue weighted by atomic mass is 16.5. The van der Waals surface area contributed by atoms with Crippen molar-refractivity contribution in [2.75, 3.05) is 19.0 Å². The van der Waals surface area contributed by atoms with Gasteiger partial charge in [0.05, 0.1) is 7.11 Å². The summed E-state index contributed by atoms with van der Waals surface area (Å²) in [6.07, 6.45) is 0. The molecule has 0 fully saturated rings. The van der Waals surface area contributed by atoms with E-state index in [4.69, 9.17) is 9.47 Å². The number of phenols is 1. The van der Waals surface area contributed by atoms with Crippen molar-refractivity contribution in [3.05, 3.63) is 53.6 Å². The van der Waals surface area contributed by atoms with Crippen LogP contribution >= 0.6 is 0 Å². The molecule has 7 heteroatoms. The lowest BCUT2D eigenvalue weighted by atomic mass is 10.1. The van der Waals surface area contributed by atoms with Crippen LogP contribution in [0, 0.1) is 0 Å². The van der Waals surface area contributed by atoms with E-state index in [9.17, 15) is 19.5 Å². The van der Waals surface area contributed by atoms with Crippen molar-refractivity contribution in [3.63, 3.8) is 0 Å². The molecule has 0 spiro atoms. The molecule has 0 heterocycles. The highest BCUT2D eigenvalue weighted by Crippen LogP contribution is 2.23. The van der Waals surface area contributed by atoms with E-state index in [-0.39, 0.29) is 17.1 Å². The fraction of sp³-hybridized carbons (Fsp3) is 0.167. The van der Waals surface area contributed by atoms with E-state index in [0.29, 0.717) is 17.0 Å². The number of amides is 1. The molecule has 0 aliphatic rings. The predicted molar refractivity (Wildman–Crippen MR) is 90.0 cm³/mol. The molecule has 2 aromatic rings. The maximum absolute atomic E-state index is 12.0. The van der Waals surface area contributed by atoms with Crippen LogP contribution in [0.2, 0.25) is 0 Å². The number of hydrogen-bond acceptors (Lipinski definition) is 6. The molecule has 0 aliphatic carbocycles. The Morgan fingerprint density at radius 1 is 1.12 bits per heavy atom. The van der Waals surface area contributed by atoms with Crippen LogP contribution < -0.4 is 10.1 Å². The van der Waals surface area contributed by atoms with Crippen molar-refractivity contribution >= 4 is 23.3 Å². The van der Waals surface area contributed by atoms with Crippen LogP contribution in [0.5, 0.6) is 11.5 Å². The highest BCUT2D eigenvalue weighted by molar-refractivity contribution is 5.99. The van der Waals surface area contributed by atoms with Crippen molar-refractivity contribution < 1.29 is 29.0 Å². The van der Waals surface area contributed by atoms with Crippen molar-refractivity contribution in [2.45, 2.75) is 6.92 Å². The zero-order valence-corrected chi connectivity index (χ0v) is 13.7. The summed E-state index contributed by atoms with van der Waals surface area (Å²) in [5, 5.41) is 12.2. The molecule has 0 saturated carbocycles. The summed E-state index contributed by atoms with van der Waals surface area (Å²) in [5.74, 6) is -1.47. The third kappa shape index (κ3) is 4.81. The molecular formula is C18H17NO6. The predicted octanol–water partition coefficient (Wildman–Crippen LogP) is 2.40. The number of anilines is 1. The molecule has 1 amide bonds. The van der Waals surface area contributed by atoms with Crippen molar-refractivity contribution in [3.8, 4) is 11.5 Å². The minimum absolute atomic E-state index is 0.106. The Labute approximate surface area is 144 Å². The first-order valence-electron chi connectivity index (χ1n) is 7.35. The Balaban J connectivity index is 1.97. The second-order valence-electron chi connectivity index (χ2n) is 5.14. The monoisotopic (exact) mass is 343 g/mol. The number of nitrogens with one attached hydrogen (secondary N) is 1. The summed E-state index contributed by atoms with van der Waals surface area (Å²) < 4.78 is 9.86. The highest BCUT2D eigenvalue weighted by Gasteiger charge is 2.16. The molecule has 0 atom stereocenters. The van der Waals surface area contributed by atoms with Crippen LogP contribution in [-0.2, 0) is 9.53 Å². The fourth-order valence-electron chi connectivity index (χ4n) is 2.03. The van der Waals surface area contributed by atoms with Gasteiger partial charge in [0.1, 0.15) is 17.1 Å². The zero-order valence-electron chi connectivity index (χ0n) is 13.7. The number of ketones is 1. The number of carbonyl (C=O) groups is 3. The van der Waals surface area contributed by atoms with E-state index in [2.05, 4.69) is 5.32 Å². The maximum Gasteiger partial charge on any atom is 0.342 e. The molecule has 2 N–H and O–H groups in total. The molecule has 25 heavy (non-hydrogen) atoms. The summed E-state index contributed by atoms with van der Waals surface area (Å²) in [6, 6.07) is 10.5. The summed E-state index contributed by atoms with van der Waals surface area (Å²) >= 11 is 0. The van der Waals surface area contributed by atoms with Gasteiger partial charge in [0, 0.05) is 11.3 Å². The standard InChI is InChI=1S/C18H17NO6/c1-11(20)12-4-3-5-13(8-12)19-17(22)10-25-18(23)15-9-14(24-2)6-7-16(15)21/h3-9,21H,10H2,1-2H3,(H,19,22). The van der Waals surface area contributed by atoms with Crippen LogP contribution in [0.4, 0.5) is 5.69 Å². The number of carbonyl (C=O) groups excluding carboxylic acids is 3. The van der Waals surface area contributed by atoms with Gasteiger partial charge in [0.15, 0.2) is 12.4 Å². The van der Waals surface area contributed by atoms with E-state index in [0.717, 1.165) is 0 Å². The number of rotatable bonds is 6. The van der Waals surface area contributed by atoms with Gasteiger partial charge in [-0.15, -0.1) is 0 Å². The lowest BCUT2D eigenvalue weighted by molar-refractivity contribution is -0.119. The van der Waals surface area contributed by atoms with Gasteiger partial charge < -0.3 is 19.9 Å². The minimum Gasteiger partial charge on any atom is -0.507 e. The summed E-state index contributed by atoms with van der Waals surface area (Å²) in [5.41, 5.74) is 0.764. The summed E-state index contributed by atoms with van der Waals surface area (Å²) in [7, 11) is 1.42. The smallest absolute Gasteiger partial charge is 0.342 e. The fourth-order valence-corrected chi connectivity index (χ4v) is 2.03. The maximum atomic E-state index is 12.0. The lowest BCUT2D eigenvalue weighted by Crippen LogP contribution is -2.21. The van der Waals surface area contributed by atoms with Gasteiger partial charge in [0.2, 0.25) is 0 Å². The third-order valence-electron chi connectivity index (χ3n) is 3.31. The number of methoxy groups -OCH3 is 1. The Morgan fingerprint density at radius 2 is 1.88 bits per heavy atom. The van der Waals surface area contributed by atoms with E-state index in [1.165, 1.54) is 38.3 Å². The quantitative estimate of drug-likeness (QED) is 0.617. The second kappa shape index (κ2) is 7.96. The Kier molecular flexibility index (Phi) is 5.73. The molecule has 0 aliphatic heterocycles. The van der Waals surface area contributed by atoms with Crippen LogP contribution in [0.1, 0.15) is 27.6 Å². The first kappa shape index (κ1) is 18.0. The first-order valence-corrected chi connectivity index (χ1v) is 7.35. The van der Waals surface area contributed by atoms with E-state index < -0.39 is 18.5 Å². The van der Waals surface area contributed by atoms with Gasteiger partial charge in [-0.2, -0.15) is 0 Å². The van der Waals surface area contributed by atoms with Gasteiger partial charge in [-0.1, -0.05) is 12.1 Å². The van der Waals surface area contributed by atoms with Gasteiger partial charge in [-0.25, -0.2) is 4.79 Å². The first-order chi connectivity index (χ1) is 11.9. The molecule has 130 valence electrons. The SMILES string of the molecule is COc1ccc(O)c(C(=O)OCC(=O)Nc2cccc(C(C)=O)c2)c1. The molecule has 0 radical (unpaired) electrons. The summed E-state index contributed by atoms with van der Waals surface area (Å²) in [6.45, 7) is 0.878. The third-order valence-corrected chi connectivity index (χ3v) is 3.31. The molecule has 2 aromatic carbocycles. The largest absolute Gasteiger partial charge is 0.507 e. The van der Waals surface area contributed by atoms with Crippen molar-refractivity contribution in [2.24, 2.45) is 0 Å². The van der Waals surface area contributed by atoms with E-state index in [1.807, 2.05) is 0 Å². The number of hydrogen-bond donors (Lipinski definition) is 2. The van der Waals surface area contributed by atoms with Crippen molar-refractivity contribution in [1.29, 1.82) is 0 Å². The van der Waals surface area contributed by atoms with Crippen molar-refractivity contribution in [1.82, 2.24) is 0 Å². The number of benzene rings is 2. The number of ether oxygens (including phenoxy) is 2. The molecule has 0 bridgehead atoms. The minimum atomic E-state index is -0.857. The lowest BCUT2D eigenvalue weighted by Gasteiger charge is -2.09. The van der Waals surface area contributed by atoms with E-state index in [1.54, 1.807) is 18.2 Å². The Morgan fingerprint density at radius 3 is 2.56 bits per heavy atom. The van der Waals surface area contributed by atoms with Gasteiger partial charge in [-0.05, 0) is 37.3 Å². The van der Waals surface area contributed by atoms with Gasteiger partial charge in [-0.3, -0.25) is 9.59 Å². The molecule has 0 saturated heterocycles. The van der Waals surface area contributed by atoms with Gasteiger partial charge >= 0.3 is 5.97 Å². The normalized spacial score (nSPS) is 10.0. The molecular weight excluding hydrogens is 326 g/mol. The molecule has 0 unspecified atom stereocenters. The molecule has 7 nitrogen and oxygen atoms in total. The van der Waals surface area contributed by atoms with Crippen LogP contribution in [0.3, 0.4) is 0 Å². The number of aromatic hydroxyl groups is 1. The summed E-state index contributed by atoms with van der Waals surface area (Å²) in [4.78, 5) is 35.2.